The summed E-state index contributed by atoms with van der Waals surface area (Å²) < 4.78 is 8.13. The third kappa shape index (κ3) is 4.75. The van der Waals surface area contributed by atoms with E-state index in [9.17, 15) is 0 Å². The van der Waals surface area contributed by atoms with Gasteiger partial charge < -0.3 is 10.1 Å². The van der Waals surface area contributed by atoms with Gasteiger partial charge in [-0.15, -0.1) is 0 Å². The number of aromatic nitrogens is 3. The van der Waals surface area contributed by atoms with Crippen molar-refractivity contribution in [3.8, 4) is 0 Å². The maximum absolute atomic E-state index is 6.14. The maximum atomic E-state index is 6.14. The number of aryl methyl sites for hydroxylation is 1. The highest BCUT2D eigenvalue weighted by Gasteiger charge is 2.31. The topological polar surface area (TPSA) is 55.2 Å². The molecule has 0 unspecified atom stereocenters. The van der Waals surface area contributed by atoms with Gasteiger partial charge in [0.15, 0.2) is 0 Å². The van der Waals surface area contributed by atoms with Crippen LogP contribution in [0.15, 0.2) is 36.9 Å². The second-order valence-electron chi connectivity index (χ2n) is 7.74. The van der Waals surface area contributed by atoms with E-state index in [2.05, 4.69) is 45.6 Å². The second-order valence-corrected chi connectivity index (χ2v) is 7.74. The molecule has 2 aromatic rings. The minimum Gasteiger partial charge on any atom is -0.372 e. The summed E-state index contributed by atoms with van der Waals surface area (Å²) in [6.45, 7) is 7.19. The van der Waals surface area contributed by atoms with Gasteiger partial charge in [0.05, 0.1) is 6.20 Å². The Labute approximate surface area is 161 Å². The first kappa shape index (κ1) is 18.6. The lowest BCUT2D eigenvalue weighted by Gasteiger charge is -2.38. The van der Waals surface area contributed by atoms with E-state index in [4.69, 9.17) is 4.74 Å². The lowest BCUT2D eigenvalue weighted by Crippen LogP contribution is -2.49. The Morgan fingerprint density at radius 2 is 2.00 bits per heavy atom. The smallest absolute Gasteiger partial charge is 0.101 e. The van der Waals surface area contributed by atoms with Crippen molar-refractivity contribution in [2.75, 3.05) is 19.7 Å². The molecule has 6 heteroatoms. The monoisotopic (exact) mass is 369 g/mol. The molecule has 1 N–H and O–H groups in total. The van der Waals surface area contributed by atoms with Gasteiger partial charge >= 0.3 is 0 Å². The molecule has 2 saturated heterocycles. The lowest BCUT2D eigenvalue weighted by molar-refractivity contribution is -0.0163. The zero-order valence-corrected chi connectivity index (χ0v) is 16.3. The van der Waals surface area contributed by atoms with E-state index in [0.29, 0.717) is 12.1 Å². The SMILES string of the molecule is CCn1cc([C@H]2OCCC[C@@H]2NC2CCN(Cc3ccncc3)CC2)cn1. The van der Waals surface area contributed by atoms with E-state index in [-0.39, 0.29) is 6.10 Å². The number of nitrogens with one attached hydrogen (secondary N) is 1. The molecule has 2 fully saturated rings. The zero-order chi connectivity index (χ0) is 18.5. The molecule has 0 spiro atoms. The highest BCUT2D eigenvalue weighted by Crippen LogP contribution is 2.29. The van der Waals surface area contributed by atoms with Gasteiger partial charge in [0, 0.05) is 55.9 Å². The Kier molecular flexibility index (Phi) is 6.17. The Balaban J connectivity index is 1.30. The van der Waals surface area contributed by atoms with E-state index >= 15 is 0 Å². The Hall–Kier alpha value is -1.76. The molecule has 4 heterocycles. The first-order valence-electron chi connectivity index (χ1n) is 10.3. The molecule has 2 atom stereocenters. The summed E-state index contributed by atoms with van der Waals surface area (Å²) in [4.78, 5) is 6.66. The molecule has 0 aromatic carbocycles. The van der Waals surface area contributed by atoms with Crippen LogP contribution in [0.3, 0.4) is 0 Å². The van der Waals surface area contributed by atoms with Crippen LogP contribution in [0.5, 0.6) is 0 Å². The fourth-order valence-corrected chi connectivity index (χ4v) is 4.29. The Morgan fingerprint density at radius 1 is 1.19 bits per heavy atom. The summed E-state index contributed by atoms with van der Waals surface area (Å²) in [6, 6.07) is 5.20. The highest BCUT2D eigenvalue weighted by molar-refractivity contribution is 5.13. The molecule has 6 nitrogen and oxygen atoms in total. The molecule has 2 aliphatic rings. The average Bonchev–Trinajstić information content (AvgIpc) is 3.20. The molecular formula is C21H31N5O. The zero-order valence-electron chi connectivity index (χ0n) is 16.3. The van der Waals surface area contributed by atoms with Crippen LogP contribution in [0.2, 0.25) is 0 Å². The second kappa shape index (κ2) is 8.95. The first-order chi connectivity index (χ1) is 13.3. The predicted octanol–water partition coefficient (Wildman–Crippen LogP) is 2.77. The Bertz CT molecular complexity index is 696. The van der Waals surface area contributed by atoms with Crippen LogP contribution in [-0.4, -0.2) is 51.4 Å². The fourth-order valence-electron chi connectivity index (χ4n) is 4.29. The summed E-state index contributed by atoms with van der Waals surface area (Å²) in [5, 5.41) is 8.36. The van der Waals surface area contributed by atoms with Gasteiger partial charge in [0.2, 0.25) is 0 Å². The van der Waals surface area contributed by atoms with Crippen molar-refractivity contribution in [1.29, 1.82) is 0 Å². The molecular weight excluding hydrogens is 338 g/mol. The van der Waals surface area contributed by atoms with Crippen LogP contribution in [0, 0.1) is 0 Å². The molecule has 0 saturated carbocycles. The quantitative estimate of drug-likeness (QED) is 0.849. The minimum absolute atomic E-state index is 0.133. The third-order valence-electron chi connectivity index (χ3n) is 5.82. The molecule has 0 radical (unpaired) electrons. The van der Waals surface area contributed by atoms with Crippen molar-refractivity contribution < 1.29 is 4.74 Å². The molecule has 27 heavy (non-hydrogen) atoms. The van der Waals surface area contributed by atoms with Gasteiger partial charge in [-0.05, 0) is 63.4 Å². The van der Waals surface area contributed by atoms with Gasteiger partial charge in [0.1, 0.15) is 6.10 Å². The molecule has 4 rings (SSSR count). The highest BCUT2D eigenvalue weighted by atomic mass is 16.5. The van der Waals surface area contributed by atoms with Gasteiger partial charge in [-0.2, -0.15) is 5.10 Å². The standard InChI is InChI=1S/C21H31N5O/c1-2-26-16-18(14-23-26)21-20(4-3-13-27-21)24-19-7-11-25(12-8-19)15-17-5-9-22-10-6-17/h5-6,9-10,14,16,19-21,24H,2-4,7-8,11-13,15H2,1H3/t20-,21+/m0/s1. The largest absolute Gasteiger partial charge is 0.372 e. The van der Waals surface area contributed by atoms with E-state index in [1.54, 1.807) is 0 Å². The van der Waals surface area contributed by atoms with Crippen LogP contribution >= 0.6 is 0 Å². The first-order valence-corrected chi connectivity index (χ1v) is 10.3. The summed E-state index contributed by atoms with van der Waals surface area (Å²) in [7, 11) is 0. The molecule has 0 amide bonds. The number of piperidine rings is 1. The number of nitrogens with zero attached hydrogens (tertiary/aromatic N) is 4. The molecule has 146 valence electrons. The minimum atomic E-state index is 0.133. The van der Waals surface area contributed by atoms with Gasteiger partial charge in [-0.1, -0.05) is 0 Å². The average molecular weight is 370 g/mol. The summed E-state index contributed by atoms with van der Waals surface area (Å²) in [6.07, 6.45) is 12.7. The van der Waals surface area contributed by atoms with Crippen molar-refractivity contribution in [2.24, 2.45) is 0 Å². The number of ether oxygens (including phenoxy) is 1. The predicted molar refractivity (Wildman–Crippen MR) is 105 cm³/mol. The van der Waals surface area contributed by atoms with E-state index in [0.717, 1.165) is 39.2 Å². The van der Waals surface area contributed by atoms with E-state index in [1.807, 2.05) is 23.3 Å². The van der Waals surface area contributed by atoms with Crippen molar-refractivity contribution in [3.63, 3.8) is 0 Å². The number of hydrogen-bond donors (Lipinski definition) is 1. The normalized spacial score (nSPS) is 24.9. The Morgan fingerprint density at radius 3 is 2.74 bits per heavy atom. The number of hydrogen-bond acceptors (Lipinski definition) is 5. The van der Waals surface area contributed by atoms with E-state index < -0.39 is 0 Å². The maximum Gasteiger partial charge on any atom is 0.101 e. The fraction of sp³-hybridized carbons (Fsp3) is 0.619. The van der Waals surface area contributed by atoms with Gasteiger partial charge in [-0.25, -0.2) is 0 Å². The summed E-state index contributed by atoms with van der Waals surface area (Å²) >= 11 is 0. The van der Waals surface area contributed by atoms with Crippen molar-refractivity contribution in [2.45, 2.75) is 63.9 Å². The third-order valence-corrected chi connectivity index (χ3v) is 5.82. The molecule has 2 aliphatic heterocycles. The van der Waals surface area contributed by atoms with Crippen molar-refractivity contribution in [1.82, 2.24) is 25.0 Å². The number of pyridine rings is 1. The molecule has 2 aromatic heterocycles. The van der Waals surface area contributed by atoms with Crippen LogP contribution < -0.4 is 5.32 Å². The van der Waals surface area contributed by atoms with Crippen molar-refractivity contribution >= 4 is 0 Å². The van der Waals surface area contributed by atoms with Crippen molar-refractivity contribution in [3.05, 3.63) is 48.0 Å². The van der Waals surface area contributed by atoms with Crippen LogP contribution in [0.1, 0.15) is 49.8 Å². The number of rotatable bonds is 6. The van der Waals surface area contributed by atoms with Crippen LogP contribution in [0.25, 0.3) is 0 Å². The summed E-state index contributed by atoms with van der Waals surface area (Å²) in [5.41, 5.74) is 2.56. The van der Waals surface area contributed by atoms with Crippen LogP contribution in [0.4, 0.5) is 0 Å². The summed E-state index contributed by atoms with van der Waals surface area (Å²) in [5.74, 6) is 0. The lowest BCUT2D eigenvalue weighted by atomic mass is 9.95. The molecule has 0 aliphatic carbocycles. The van der Waals surface area contributed by atoms with E-state index in [1.165, 1.54) is 30.4 Å². The van der Waals surface area contributed by atoms with Gasteiger partial charge in [0.25, 0.3) is 0 Å². The number of likely N-dealkylation sites (tertiary alicyclic amines) is 1. The van der Waals surface area contributed by atoms with Crippen LogP contribution in [-0.2, 0) is 17.8 Å². The molecule has 0 bridgehead atoms. The van der Waals surface area contributed by atoms with Gasteiger partial charge in [-0.3, -0.25) is 14.6 Å².